The van der Waals surface area contributed by atoms with Crippen LogP contribution in [0, 0.1) is 19.8 Å². The van der Waals surface area contributed by atoms with Gasteiger partial charge in [0.2, 0.25) is 0 Å². The molecule has 2 atom stereocenters. The number of aryl methyl sites for hydroxylation is 2. The first-order chi connectivity index (χ1) is 17.4. The summed E-state index contributed by atoms with van der Waals surface area (Å²) in [7, 11) is 0. The predicted molar refractivity (Wildman–Crippen MR) is 134 cm³/mol. The van der Waals surface area contributed by atoms with Gasteiger partial charge in [0.1, 0.15) is 6.04 Å². The number of nitrogens with zero attached hydrogens (tertiary/aromatic N) is 5. The standard InChI is InChI=1S/C26H34N6O4/c1-4-35-26(34)18-7-9-31(10-8-18)23(24-28-29-30-32(24)15-19-6-5-11-36-19)21-14-20-17(3)12-16(2)13-22(20)27-25(21)33/h12-14,18-19,23H,4-11,15H2,1-3H3,(H,27,33)/t19-,23-/m1/s1. The molecule has 0 radical (unpaired) electrons. The number of likely N-dealkylation sites (tertiary alicyclic amines) is 1. The normalized spacial score (nSPS) is 20.1. The van der Waals surface area contributed by atoms with Crippen LogP contribution in [0.15, 0.2) is 23.0 Å². The maximum atomic E-state index is 13.5. The highest BCUT2D eigenvalue weighted by atomic mass is 16.5. The molecule has 1 N–H and O–H groups in total. The maximum absolute atomic E-state index is 13.5. The number of aromatic nitrogens is 5. The van der Waals surface area contributed by atoms with Gasteiger partial charge in [-0.2, -0.15) is 0 Å². The average molecular weight is 495 g/mol. The lowest BCUT2D eigenvalue weighted by Crippen LogP contribution is -2.42. The molecule has 2 fully saturated rings. The SMILES string of the molecule is CCOC(=O)C1CCN([C@H](c2cc3c(C)cc(C)cc3[nH]c2=O)c2nnnn2C[C@H]2CCCO2)CC1. The Kier molecular flexibility index (Phi) is 7.15. The topological polar surface area (TPSA) is 115 Å². The molecule has 2 aromatic heterocycles. The summed E-state index contributed by atoms with van der Waals surface area (Å²) < 4.78 is 12.9. The fourth-order valence-corrected chi connectivity index (χ4v) is 5.56. The zero-order valence-electron chi connectivity index (χ0n) is 21.2. The molecule has 0 spiro atoms. The van der Waals surface area contributed by atoms with Gasteiger partial charge in [0.25, 0.3) is 5.56 Å². The first-order valence-electron chi connectivity index (χ1n) is 12.9. The van der Waals surface area contributed by atoms with Crippen molar-refractivity contribution in [1.82, 2.24) is 30.1 Å². The fourth-order valence-electron chi connectivity index (χ4n) is 5.56. The molecule has 1 aromatic carbocycles. The first-order valence-corrected chi connectivity index (χ1v) is 12.9. The average Bonchev–Trinajstić information content (AvgIpc) is 3.53. The minimum absolute atomic E-state index is 0.0579. The molecule has 0 saturated carbocycles. The molecule has 2 saturated heterocycles. The molecule has 10 heteroatoms. The van der Waals surface area contributed by atoms with Gasteiger partial charge in [-0.25, -0.2) is 4.68 Å². The monoisotopic (exact) mass is 494 g/mol. The quantitative estimate of drug-likeness (QED) is 0.499. The number of piperidine rings is 1. The van der Waals surface area contributed by atoms with Crippen LogP contribution >= 0.6 is 0 Å². The molecule has 3 aromatic rings. The third-order valence-electron chi connectivity index (χ3n) is 7.36. The molecule has 5 rings (SSSR count). The van der Waals surface area contributed by atoms with Gasteiger partial charge in [-0.1, -0.05) is 6.07 Å². The third-order valence-corrected chi connectivity index (χ3v) is 7.36. The summed E-state index contributed by atoms with van der Waals surface area (Å²) in [6.07, 6.45) is 3.36. The van der Waals surface area contributed by atoms with Gasteiger partial charge in [-0.3, -0.25) is 14.5 Å². The molecule has 0 unspecified atom stereocenters. The Morgan fingerprint density at radius 2 is 2.03 bits per heavy atom. The van der Waals surface area contributed by atoms with Crippen molar-refractivity contribution >= 4 is 16.9 Å². The molecule has 2 aliphatic rings. The van der Waals surface area contributed by atoms with Crippen molar-refractivity contribution in [2.45, 2.75) is 65.1 Å². The number of carbonyl (C=O) groups is 1. The van der Waals surface area contributed by atoms with E-state index in [2.05, 4.69) is 38.4 Å². The molecule has 0 aliphatic carbocycles. The van der Waals surface area contributed by atoms with Crippen molar-refractivity contribution in [3.63, 3.8) is 0 Å². The van der Waals surface area contributed by atoms with E-state index in [0.717, 1.165) is 41.5 Å². The van der Waals surface area contributed by atoms with Crippen LogP contribution in [0.1, 0.15) is 61.2 Å². The van der Waals surface area contributed by atoms with Gasteiger partial charge in [0.05, 0.1) is 25.2 Å². The summed E-state index contributed by atoms with van der Waals surface area (Å²) in [5.41, 5.74) is 3.46. The first kappa shape index (κ1) is 24.6. The van der Waals surface area contributed by atoms with Crippen molar-refractivity contribution in [2.75, 3.05) is 26.3 Å². The van der Waals surface area contributed by atoms with E-state index in [1.807, 2.05) is 26.0 Å². The van der Waals surface area contributed by atoms with E-state index in [4.69, 9.17) is 9.47 Å². The summed E-state index contributed by atoms with van der Waals surface area (Å²) in [5.74, 6) is 0.339. The Labute approximate surface area is 210 Å². The van der Waals surface area contributed by atoms with Gasteiger partial charge in [-0.05, 0) is 80.1 Å². The molecule has 0 amide bonds. The highest BCUT2D eigenvalue weighted by Crippen LogP contribution is 2.32. The molecule has 0 bridgehead atoms. The third kappa shape index (κ3) is 4.92. The fraction of sp³-hybridized carbons (Fsp3) is 0.577. The molecular formula is C26H34N6O4. The number of esters is 1. The summed E-state index contributed by atoms with van der Waals surface area (Å²) in [6, 6.07) is 5.65. The van der Waals surface area contributed by atoms with Gasteiger partial charge in [0.15, 0.2) is 5.82 Å². The second-order valence-electron chi connectivity index (χ2n) is 9.92. The molecule has 36 heavy (non-hydrogen) atoms. The van der Waals surface area contributed by atoms with E-state index in [1.54, 1.807) is 4.68 Å². The number of rotatable bonds is 7. The Morgan fingerprint density at radius 3 is 2.75 bits per heavy atom. The Bertz CT molecular complexity index is 1290. The predicted octanol–water partition coefficient (Wildman–Crippen LogP) is 2.67. The number of hydrogen-bond donors (Lipinski definition) is 1. The van der Waals surface area contributed by atoms with E-state index in [1.165, 1.54) is 0 Å². The maximum Gasteiger partial charge on any atom is 0.309 e. The number of pyridine rings is 1. The zero-order valence-corrected chi connectivity index (χ0v) is 21.2. The molecule has 2 aliphatic heterocycles. The number of carbonyl (C=O) groups excluding carboxylic acids is 1. The van der Waals surface area contributed by atoms with Crippen LogP contribution in [0.3, 0.4) is 0 Å². The van der Waals surface area contributed by atoms with Crippen molar-refractivity contribution in [3.8, 4) is 0 Å². The number of H-pyrrole nitrogens is 1. The lowest BCUT2D eigenvalue weighted by Gasteiger charge is -2.36. The second kappa shape index (κ2) is 10.5. The largest absolute Gasteiger partial charge is 0.466 e. The molecule has 4 heterocycles. The van der Waals surface area contributed by atoms with Crippen LogP contribution in [-0.4, -0.2) is 68.5 Å². The van der Waals surface area contributed by atoms with Crippen molar-refractivity contribution in [3.05, 3.63) is 51.1 Å². The second-order valence-corrected chi connectivity index (χ2v) is 9.92. The van der Waals surface area contributed by atoms with Gasteiger partial charge >= 0.3 is 5.97 Å². The minimum Gasteiger partial charge on any atom is -0.466 e. The minimum atomic E-state index is -0.446. The van der Waals surface area contributed by atoms with E-state index in [0.29, 0.717) is 50.5 Å². The number of aromatic amines is 1. The van der Waals surface area contributed by atoms with Crippen molar-refractivity contribution in [2.24, 2.45) is 5.92 Å². The number of tetrazole rings is 1. The molecule has 10 nitrogen and oxygen atoms in total. The van der Waals surface area contributed by atoms with E-state index in [-0.39, 0.29) is 23.6 Å². The number of nitrogens with one attached hydrogen (secondary N) is 1. The van der Waals surface area contributed by atoms with E-state index < -0.39 is 6.04 Å². The van der Waals surface area contributed by atoms with E-state index >= 15 is 0 Å². The van der Waals surface area contributed by atoms with Crippen LogP contribution in [0.2, 0.25) is 0 Å². The number of ether oxygens (including phenoxy) is 2. The van der Waals surface area contributed by atoms with E-state index in [9.17, 15) is 9.59 Å². The van der Waals surface area contributed by atoms with Gasteiger partial charge in [0, 0.05) is 36.2 Å². The van der Waals surface area contributed by atoms with Gasteiger partial charge < -0.3 is 14.5 Å². The summed E-state index contributed by atoms with van der Waals surface area (Å²) >= 11 is 0. The number of fused-ring (bicyclic) bond motifs is 1. The molecule has 192 valence electrons. The smallest absolute Gasteiger partial charge is 0.309 e. The van der Waals surface area contributed by atoms with Crippen LogP contribution in [-0.2, 0) is 20.8 Å². The molecular weight excluding hydrogens is 460 g/mol. The highest BCUT2D eigenvalue weighted by Gasteiger charge is 2.35. The Balaban J connectivity index is 1.54. The summed E-state index contributed by atoms with van der Waals surface area (Å²) in [6.45, 7) is 8.83. The van der Waals surface area contributed by atoms with Crippen LogP contribution < -0.4 is 5.56 Å². The van der Waals surface area contributed by atoms with Crippen LogP contribution in [0.4, 0.5) is 0 Å². The highest BCUT2D eigenvalue weighted by molar-refractivity contribution is 5.83. The zero-order chi connectivity index (χ0) is 25.2. The lowest BCUT2D eigenvalue weighted by molar-refractivity contribution is -0.149. The lowest BCUT2D eigenvalue weighted by atomic mass is 9.93. The number of hydrogen-bond acceptors (Lipinski definition) is 8. The van der Waals surface area contributed by atoms with Crippen molar-refractivity contribution in [1.29, 1.82) is 0 Å². The Morgan fingerprint density at radius 1 is 1.22 bits per heavy atom. The van der Waals surface area contributed by atoms with Gasteiger partial charge in [-0.15, -0.1) is 5.10 Å². The Hall–Kier alpha value is -3.11. The van der Waals surface area contributed by atoms with Crippen molar-refractivity contribution < 1.29 is 14.3 Å². The van der Waals surface area contributed by atoms with Crippen LogP contribution in [0.25, 0.3) is 10.9 Å². The summed E-state index contributed by atoms with van der Waals surface area (Å²) in [4.78, 5) is 31.1. The number of benzene rings is 1. The summed E-state index contributed by atoms with van der Waals surface area (Å²) in [5, 5.41) is 13.7. The van der Waals surface area contributed by atoms with Crippen LogP contribution in [0.5, 0.6) is 0 Å².